The first-order chi connectivity index (χ1) is 8.19. The van der Waals surface area contributed by atoms with E-state index < -0.39 is 0 Å². The predicted molar refractivity (Wildman–Crippen MR) is 66.8 cm³/mol. The number of hydrogen-bond donors (Lipinski definition) is 1. The Labute approximate surface area is 105 Å². The van der Waals surface area contributed by atoms with Gasteiger partial charge in [0, 0.05) is 25.0 Å². The molecule has 17 heavy (non-hydrogen) atoms. The third kappa shape index (κ3) is 3.31. The van der Waals surface area contributed by atoms with E-state index in [1.54, 1.807) is 24.9 Å². The first-order valence-corrected chi connectivity index (χ1v) is 6.47. The maximum atomic E-state index is 5.75. The highest BCUT2D eigenvalue weighted by Gasteiger charge is 2.25. The second kappa shape index (κ2) is 5.66. The molecule has 1 fully saturated rings. The van der Waals surface area contributed by atoms with Gasteiger partial charge in [-0.3, -0.25) is 0 Å². The summed E-state index contributed by atoms with van der Waals surface area (Å²) < 4.78 is 10.5. The number of anilines is 1. The van der Waals surface area contributed by atoms with Gasteiger partial charge in [-0.2, -0.15) is 0 Å². The van der Waals surface area contributed by atoms with Crippen LogP contribution in [0.5, 0.6) is 0 Å². The van der Waals surface area contributed by atoms with Crippen molar-refractivity contribution in [2.45, 2.75) is 36.3 Å². The van der Waals surface area contributed by atoms with Crippen LogP contribution in [0.4, 0.5) is 5.82 Å². The molecule has 1 aliphatic rings. The number of aromatic nitrogens is 2. The first-order valence-electron chi connectivity index (χ1n) is 5.59. The molecule has 2 rings (SSSR count). The lowest BCUT2D eigenvalue weighted by atomic mass is 10.3. The number of methoxy groups -OCH3 is 1. The summed E-state index contributed by atoms with van der Waals surface area (Å²) in [6.07, 6.45) is 1.32. The minimum atomic E-state index is 0.266. The van der Waals surface area contributed by atoms with Gasteiger partial charge in [0.1, 0.15) is 17.5 Å². The van der Waals surface area contributed by atoms with Crippen LogP contribution in [0.15, 0.2) is 11.1 Å². The van der Waals surface area contributed by atoms with E-state index in [4.69, 9.17) is 15.2 Å². The molecule has 2 atom stereocenters. The van der Waals surface area contributed by atoms with Gasteiger partial charge in [0.15, 0.2) is 5.82 Å². The van der Waals surface area contributed by atoms with Crippen LogP contribution in [0, 0.1) is 0 Å². The molecule has 6 heteroatoms. The molecule has 0 bridgehead atoms. The zero-order valence-electron chi connectivity index (χ0n) is 10.0. The van der Waals surface area contributed by atoms with Crippen LogP contribution < -0.4 is 5.73 Å². The van der Waals surface area contributed by atoms with Crippen LogP contribution in [0.1, 0.15) is 19.2 Å². The van der Waals surface area contributed by atoms with E-state index in [0.29, 0.717) is 23.5 Å². The number of ether oxygens (including phenoxy) is 2. The average molecular weight is 255 g/mol. The molecule has 0 aliphatic carbocycles. The maximum absolute atomic E-state index is 5.75. The highest BCUT2D eigenvalue weighted by Crippen LogP contribution is 2.31. The monoisotopic (exact) mass is 255 g/mol. The van der Waals surface area contributed by atoms with Gasteiger partial charge in [0.2, 0.25) is 0 Å². The molecule has 5 nitrogen and oxygen atoms in total. The van der Waals surface area contributed by atoms with E-state index >= 15 is 0 Å². The number of hydrogen-bond acceptors (Lipinski definition) is 6. The molecule has 1 aromatic rings. The minimum Gasteiger partial charge on any atom is -0.384 e. The second-order valence-corrected chi connectivity index (χ2v) is 5.26. The van der Waals surface area contributed by atoms with E-state index in [-0.39, 0.29) is 6.10 Å². The van der Waals surface area contributed by atoms with E-state index in [1.165, 1.54) is 0 Å². The molecule has 2 unspecified atom stereocenters. The maximum Gasteiger partial charge on any atom is 0.157 e. The van der Waals surface area contributed by atoms with Crippen LogP contribution in [0.25, 0.3) is 0 Å². The zero-order valence-corrected chi connectivity index (χ0v) is 10.9. The van der Waals surface area contributed by atoms with E-state index in [1.807, 2.05) is 0 Å². The fourth-order valence-electron chi connectivity index (χ4n) is 1.77. The summed E-state index contributed by atoms with van der Waals surface area (Å²) in [4.78, 5) is 8.53. The Morgan fingerprint density at radius 2 is 2.41 bits per heavy atom. The summed E-state index contributed by atoms with van der Waals surface area (Å²) in [5.41, 5.74) is 5.75. The lowest BCUT2D eigenvalue weighted by molar-refractivity contribution is 0.127. The summed E-state index contributed by atoms with van der Waals surface area (Å²) in [6, 6.07) is 1.80. The Bertz CT molecular complexity index is 389. The first kappa shape index (κ1) is 12.6. The van der Waals surface area contributed by atoms with Crippen LogP contribution in [-0.2, 0) is 16.1 Å². The quantitative estimate of drug-likeness (QED) is 0.822. The van der Waals surface area contributed by atoms with Crippen LogP contribution in [-0.4, -0.2) is 35.0 Å². The van der Waals surface area contributed by atoms with Gasteiger partial charge >= 0.3 is 0 Å². The van der Waals surface area contributed by atoms with Crippen LogP contribution in [0.2, 0.25) is 0 Å². The highest BCUT2D eigenvalue weighted by molar-refractivity contribution is 7.99. The second-order valence-electron chi connectivity index (χ2n) is 4.00. The molecule has 94 valence electrons. The average Bonchev–Trinajstić information content (AvgIpc) is 2.64. The van der Waals surface area contributed by atoms with Crippen molar-refractivity contribution < 1.29 is 9.47 Å². The van der Waals surface area contributed by atoms with Gasteiger partial charge in [-0.05, 0) is 13.3 Å². The van der Waals surface area contributed by atoms with Gasteiger partial charge < -0.3 is 15.2 Å². The van der Waals surface area contributed by atoms with Crippen molar-refractivity contribution in [1.29, 1.82) is 0 Å². The molecule has 2 heterocycles. The predicted octanol–water partition coefficient (Wildman–Crippen LogP) is 1.47. The molecule has 1 aliphatic heterocycles. The fraction of sp³-hybridized carbons (Fsp3) is 0.636. The smallest absolute Gasteiger partial charge is 0.157 e. The molecule has 2 N–H and O–H groups in total. The normalized spacial score (nSPS) is 24.1. The van der Waals surface area contributed by atoms with Crippen LogP contribution >= 0.6 is 11.8 Å². The van der Waals surface area contributed by atoms with Crippen molar-refractivity contribution in [2.75, 3.05) is 19.5 Å². The summed E-state index contributed by atoms with van der Waals surface area (Å²) in [7, 11) is 1.62. The third-order valence-corrected chi connectivity index (χ3v) is 3.99. The molecule has 0 aromatic carbocycles. The molecule has 0 saturated carbocycles. The molecule has 0 amide bonds. The molecular formula is C11H17N3O2S. The summed E-state index contributed by atoms with van der Waals surface area (Å²) in [6.45, 7) is 3.30. The lowest BCUT2D eigenvalue weighted by Crippen LogP contribution is -2.14. The van der Waals surface area contributed by atoms with Gasteiger partial charge in [-0.1, -0.05) is 0 Å². The number of nitrogen functional groups attached to an aromatic ring is 1. The molecule has 0 spiro atoms. The zero-order chi connectivity index (χ0) is 12.3. The summed E-state index contributed by atoms with van der Waals surface area (Å²) in [5.74, 6) is 1.11. The molecule has 1 saturated heterocycles. The van der Waals surface area contributed by atoms with Crippen molar-refractivity contribution in [3.8, 4) is 0 Å². The molecular weight excluding hydrogens is 238 g/mol. The minimum absolute atomic E-state index is 0.266. The highest BCUT2D eigenvalue weighted by atomic mass is 32.2. The summed E-state index contributed by atoms with van der Waals surface area (Å²) >= 11 is 1.70. The SMILES string of the molecule is COCc1nc(N)cc(SC2CCOC2C)n1. The molecule has 1 aromatic heterocycles. The van der Waals surface area contributed by atoms with Crippen LogP contribution in [0.3, 0.4) is 0 Å². The van der Waals surface area contributed by atoms with Crippen molar-refractivity contribution in [3.05, 3.63) is 11.9 Å². The number of nitrogens with zero attached hydrogens (tertiary/aromatic N) is 2. The number of nitrogens with two attached hydrogens (primary N) is 1. The van der Waals surface area contributed by atoms with E-state index in [0.717, 1.165) is 18.1 Å². The van der Waals surface area contributed by atoms with Crippen molar-refractivity contribution in [2.24, 2.45) is 0 Å². The van der Waals surface area contributed by atoms with Gasteiger partial charge in [-0.25, -0.2) is 9.97 Å². The number of rotatable bonds is 4. The van der Waals surface area contributed by atoms with Gasteiger partial charge in [0.25, 0.3) is 0 Å². The summed E-state index contributed by atoms with van der Waals surface area (Å²) in [5, 5.41) is 1.34. The van der Waals surface area contributed by atoms with E-state index in [9.17, 15) is 0 Å². The number of thioether (sulfide) groups is 1. The van der Waals surface area contributed by atoms with E-state index in [2.05, 4.69) is 16.9 Å². The Morgan fingerprint density at radius 3 is 3.06 bits per heavy atom. The molecule has 0 radical (unpaired) electrons. The van der Waals surface area contributed by atoms with Crippen molar-refractivity contribution >= 4 is 17.6 Å². The Balaban J connectivity index is 2.09. The largest absolute Gasteiger partial charge is 0.384 e. The fourth-order valence-corrected chi connectivity index (χ4v) is 2.91. The van der Waals surface area contributed by atoms with Gasteiger partial charge in [0.05, 0.1) is 6.10 Å². The van der Waals surface area contributed by atoms with Crippen molar-refractivity contribution in [3.63, 3.8) is 0 Å². The standard InChI is InChI=1S/C11H17N3O2S/c1-7-8(3-4-16-7)17-11-5-9(12)13-10(14-11)6-15-2/h5,7-8H,3-4,6H2,1-2H3,(H2,12,13,14). The van der Waals surface area contributed by atoms with Crippen molar-refractivity contribution in [1.82, 2.24) is 9.97 Å². The third-order valence-electron chi connectivity index (χ3n) is 2.62. The Kier molecular flexibility index (Phi) is 4.20. The Hall–Kier alpha value is -0.850. The lowest BCUT2D eigenvalue weighted by Gasteiger charge is -2.13. The topological polar surface area (TPSA) is 70.3 Å². The Morgan fingerprint density at radius 1 is 1.59 bits per heavy atom. The van der Waals surface area contributed by atoms with Gasteiger partial charge in [-0.15, -0.1) is 11.8 Å².